The Kier molecular flexibility index (Phi) is 12.2. The molecule has 1 aromatic rings. The molecular formula is C21H35IN4O. The number of guanidine groups is 1. The van der Waals surface area contributed by atoms with Crippen LogP contribution >= 0.6 is 24.0 Å². The third-order valence-electron chi connectivity index (χ3n) is 5.00. The first-order chi connectivity index (χ1) is 12.8. The van der Waals surface area contributed by atoms with Gasteiger partial charge in [0.2, 0.25) is 0 Å². The number of halogens is 1. The molecule has 0 spiro atoms. The molecule has 0 unspecified atom stereocenters. The summed E-state index contributed by atoms with van der Waals surface area (Å²) in [5.41, 5.74) is 1.12. The Morgan fingerprint density at radius 2 is 2.04 bits per heavy atom. The number of benzene rings is 1. The van der Waals surface area contributed by atoms with E-state index in [0.29, 0.717) is 13.2 Å². The largest absolute Gasteiger partial charge is 0.489 e. The van der Waals surface area contributed by atoms with Crippen molar-refractivity contribution in [1.82, 2.24) is 15.5 Å². The van der Waals surface area contributed by atoms with E-state index in [0.717, 1.165) is 29.7 Å². The van der Waals surface area contributed by atoms with E-state index in [9.17, 15) is 0 Å². The molecule has 0 amide bonds. The van der Waals surface area contributed by atoms with Crippen molar-refractivity contribution in [3.05, 3.63) is 42.5 Å². The van der Waals surface area contributed by atoms with Gasteiger partial charge in [-0.2, -0.15) is 0 Å². The van der Waals surface area contributed by atoms with Crippen LogP contribution in [-0.2, 0) is 6.54 Å². The maximum absolute atomic E-state index is 5.71. The van der Waals surface area contributed by atoms with E-state index in [1.807, 2.05) is 25.2 Å². The second kappa shape index (κ2) is 13.8. The fourth-order valence-corrected chi connectivity index (χ4v) is 3.32. The summed E-state index contributed by atoms with van der Waals surface area (Å²) < 4.78 is 5.71. The standard InChI is InChI=1S/C21H34N4O.HI/c1-4-16-26-20-9-7-6-8-19(20)17-24-21(22-3)23-13-10-18-11-14-25(5-2)15-12-18;/h4,6-9,18H,1,5,10-17H2,2-3H3,(H2,22,23,24);1H. The zero-order chi connectivity index (χ0) is 18.6. The van der Waals surface area contributed by atoms with E-state index in [4.69, 9.17) is 4.74 Å². The van der Waals surface area contributed by atoms with Gasteiger partial charge in [-0.15, -0.1) is 24.0 Å². The minimum atomic E-state index is 0. The van der Waals surface area contributed by atoms with Gasteiger partial charge in [0.05, 0.1) is 0 Å². The van der Waals surface area contributed by atoms with Crippen LogP contribution in [0.3, 0.4) is 0 Å². The van der Waals surface area contributed by atoms with E-state index in [1.165, 1.54) is 38.9 Å². The Morgan fingerprint density at radius 1 is 1.30 bits per heavy atom. The van der Waals surface area contributed by atoms with Crippen molar-refractivity contribution < 1.29 is 4.74 Å². The van der Waals surface area contributed by atoms with Crippen molar-refractivity contribution in [1.29, 1.82) is 0 Å². The van der Waals surface area contributed by atoms with E-state index in [-0.39, 0.29) is 24.0 Å². The highest BCUT2D eigenvalue weighted by Gasteiger charge is 2.17. The highest BCUT2D eigenvalue weighted by Crippen LogP contribution is 2.20. The maximum Gasteiger partial charge on any atom is 0.191 e. The molecule has 0 saturated carbocycles. The lowest BCUT2D eigenvalue weighted by Gasteiger charge is -2.31. The van der Waals surface area contributed by atoms with Crippen molar-refractivity contribution in [3.8, 4) is 5.75 Å². The molecule has 1 aliphatic heterocycles. The normalized spacial score (nSPS) is 15.7. The van der Waals surface area contributed by atoms with Crippen LogP contribution in [0.1, 0.15) is 31.7 Å². The summed E-state index contributed by atoms with van der Waals surface area (Å²) >= 11 is 0. The lowest BCUT2D eigenvalue weighted by atomic mass is 9.93. The van der Waals surface area contributed by atoms with Gasteiger partial charge in [0.25, 0.3) is 0 Å². The number of aliphatic imine (C=N–C) groups is 1. The Hall–Kier alpha value is -1.28. The fourth-order valence-electron chi connectivity index (χ4n) is 3.32. The molecule has 1 aromatic carbocycles. The van der Waals surface area contributed by atoms with Gasteiger partial charge in [-0.3, -0.25) is 4.99 Å². The van der Waals surface area contributed by atoms with Gasteiger partial charge in [-0.25, -0.2) is 0 Å². The first-order valence-corrected chi connectivity index (χ1v) is 9.75. The van der Waals surface area contributed by atoms with Crippen molar-refractivity contribution in [2.24, 2.45) is 10.9 Å². The summed E-state index contributed by atoms with van der Waals surface area (Å²) in [4.78, 5) is 6.87. The molecule has 0 atom stereocenters. The van der Waals surface area contributed by atoms with Gasteiger partial charge in [0.1, 0.15) is 12.4 Å². The van der Waals surface area contributed by atoms with Crippen LogP contribution in [0.4, 0.5) is 0 Å². The molecule has 152 valence electrons. The van der Waals surface area contributed by atoms with E-state index >= 15 is 0 Å². The summed E-state index contributed by atoms with van der Waals surface area (Å²) in [5.74, 6) is 2.56. The smallest absolute Gasteiger partial charge is 0.191 e. The molecule has 1 saturated heterocycles. The lowest BCUT2D eigenvalue weighted by molar-refractivity contribution is 0.187. The molecule has 5 nitrogen and oxygen atoms in total. The molecule has 0 bridgehead atoms. The van der Waals surface area contributed by atoms with Crippen molar-refractivity contribution >= 4 is 29.9 Å². The first kappa shape index (κ1) is 23.8. The van der Waals surface area contributed by atoms with Crippen molar-refractivity contribution in [3.63, 3.8) is 0 Å². The van der Waals surface area contributed by atoms with Crippen molar-refractivity contribution in [2.45, 2.75) is 32.7 Å². The number of hydrogen-bond donors (Lipinski definition) is 2. The third kappa shape index (κ3) is 8.51. The highest BCUT2D eigenvalue weighted by atomic mass is 127. The summed E-state index contributed by atoms with van der Waals surface area (Å²) in [6.45, 7) is 11.8. The SMILES string of the molecule is C=CCOc1ccccc1CNC(=NC)NCCC1CCN(CC)CC1.I. The number of ether oxygens (including phenoxy) is 1. The Balaban J connectivity index is 0.00000364. The second-order valence-electron chi connectivity index (χ2n) is 6.73. The topological polar surface area (TPSA) is 48.9 Å². The maximum atomic E-state index is 5.71. The summed E-state index contributed by atoms with van der Waals surface area (Å²) in [6, 6.07) is 8.06. The predicted molar refractivity (Wildman–Crippen MR) is 125 cm³/mol. The molecule has 1 fully saturated rings. The molecule has 0 radical (unpaired) electrons. The van der Waals surface area contributed by atoms with Gasteiger partial charge in [-0.05, 0) is 50.9 Å². The molecule has 6 heteroatoms. The Bertz CT molecular complexity index is 571. The molecule has 0 aromatic heterocycles. The van der Waals surface area contributed by atoms with Gasteiger partial charge in [0, 0.05) is 25.7 Å². The zero-order valence-corrected chi connectivity index (χ0v) is 19.1. The molecule has 1 heterocycles. The number of nitrogens with one attached hydrogen (secondary N) is 2. The van der Waals surface area contributed by atoms with Crippen LogP contribution in [0.5, 0.6) is 5.75 Å². The van der Waals surface area contributed by atoms with Crippen LogP contribution < -0.4 is 15.4 Å². The first-order valence-electron chi connectivity index (χ1n) is 9.75. The number of rotatable bonds is 9. The molecule has 2 rings (SSSR count). The monoisotopic (exact) mass is 486 g/mol. The van der Waals surface area contributed by atoms with Gasteiger partial charge >= 0.3 is 0 Å². The number of hydrogen-bond acceptors (Lipinski definition) is 3. The van der Waals surface area contributed by atoms with E-state index in [1.54, 1.807) is 6.08 Å². The molecular weight excluding hydrogens is 451 g/mol. The average molecular weight is 486 g/mol. The molecule has 0 aliphatic carbocycles. The van der Waals surface area contributed by atoms with Crippen LogP contribution in [0.15, 0.2) is 41.9 Å². The molecule has 1 aliphatic rings. The third-order valence-corrected chi connectivity index (χ3v) is 5.00. The number of likely N-dealkylation sites (tertiary alicyclic amines) is 1. The summed E-state index contributed by atoms with van der Waals surface area (Å²) in [7, 11) is 1.81. The minimum Gasteiger partial charge on any atom is -0.489 e. The van der Waals surface area contributed by atoms with Gasteiger partial charge < -0.3 is 20.3 Å². The van der Waals surface area contributed by atoms with Crippen LogP contribution in [0, 0.1) is 5.92 Å². The lowest BCUT2D eigenvalue weighted by Crippen LogP contribution is -2.39. The molecule has 2 N–H and O–H groups in total. The van der Waals surface area contributed by atoms with Gasteiger partial charge in [-0.1, -0.05) is 37.8 Å². The second-order valence-corrected chi connectivity index (χ2v) is 6.73. The highest BCUT2D eigenvalue weighted by molar-refractivity contribution is 14.0. The minimum absolute atomic E-state index is 0. The van der Waals surface area contributed by atoms with E-state index in [2.05, 4.69) is 40.1 Å². The number of para-hydroxylation sites is 1. The summed E-state index contributed by atoms with van der Waals surface area (Å²) in [5, 5.41) is 6.82. The number of nitrogens with zero attached hydrogens (tertiary/aromatic N) is 2. The predicted octanol–water partition coefficient (Wildman–Crippen LogP) is 3.66. The quantitative estimate of drug-likeness (QED) is 0.242. The average Bonchev–Trinajstić information content (AvgIpc) is 2.70. The van der Waals surface area contributed by atoms with Crippen LogP contribution in [0.25, 0.3) is 0 Å². The van der Waals surface area contributed by atoms with E-state index < -0.39 is 0 Å². The van der Waals surface area contributed by atoms with Crippen LogP contribution in [0.2, 0.25) is 0 Å². The Labute approximate surface area is 181 Å². The molecule has 27 heavy (non-hydrogen) atoms. The summed E-state index contributed by atoms with van der Waals surface area (Å²) in [6.07, 6.45) is 5.60. The Morgan fingerprint density at radius 3 is 2.70 bits per heavy atom. The zero-order valence-electron chi connectivity index (χ0n) is 16.7. The van der Waals surface area contributed by atoms with Crippen LogP contribution in [-0.4, -0.2) is 50.7 Å². The fraction of sp³-hybridized carbons (Fsp3) is 0.571. The number of piperidine rings is 1. The van der Waals surface area contributed by atoms with Gasteiger partial charge in [0.15, 0.2) is 5.96 Å². The van der Waals surface area contributed by atoms with Crippen molar-refractivity contribution in [2.75, 3.05) is 39.8 Å².